The maximum atomic E-state index is 13.3. The van der Waals surface area contributed by atoms with Gasteiger partial charge < -0.3 is 10.6 Å². The van der Waals surface area contributed by atoms with Gasteiger partial charge in [0, 0.05) is 12.5 Å². The summed E-state index contributed by atoms with van der Waals surface area (Å²) in [5.74, 6) is -1.17. The third kappa shape index (κ3) is 3.41. The van der Waals surface area contributed by atoms with Crippen molar-refractivity contribution in [3.05, 3.63) is 59.9 Å². The van der Waals surface area contributed by atoms with Gasteiger partial charge in [-0.05, 0) is 30.3 Å². The summed E-state index contributed by atoms with van der Waals surface area (Å²) in [5.41, 5.74) is 1.02. The summed E-state index contributed by atoms with van der Waals surface area (Å²) >= 11 is 0. The Morgan fingerprint density at radius 1 is 0.950 bits per heavy atom. The summed E-state index contributed by atoms with van der Waals surface area (Å²) in [6, 6.07) is 12.3. The minimum atomic E-state index is -0.498. The van der Waals surface area contributed by atoms with E-state index in [9.17, 15) is 14.0 Å². The van der Waals surface area contributed by atoms with Gasteiger partial charge in [0.15, 0.2) is 0 Å². The molecule has 0 heterocycles. The molecule has 0 aliphatic heterocycles. The molecular formula is C15H13FN2O2. The van der Waals surface area contributed by atoms with Gasteiger partial charge in [-0.15, -0.1) is 0 Å². The standard InChI is InChI=1S/C15H13FN2O2/c1-10(19)17-13-8-7-12(16)9-14(13)18-15(20)11-5-3-2-4-6-11/h2-9H,1H3,(H,17,19)(H,18,20). The first-order valence-electron chi connectivity index (χ1n) is 6.00. The van der Waals surface area contributed by atoms with Gasteiger partial charge >= 0.3 is 0 Å². The van der Waals surface area contributed by atoms with Crippen LogP contribution in [0, 0.1) is 5.82 Å². The smallest absolute Gasteiger partial charge is 0.255 e. The van der Waals surface area contributed by atoms with Gasteiger partial charge in [-0.25, -0.2) is 4.39 Å². The molecule has 0 saturated heterocycles. The number of amides is 2. The topological polar surface area (TPSA) is 58.2 Å². The number of hydrogen-bond donors (Lipinski definition) is 2. The molecule has 0 aliphatic rings. The molecule has 0 aliphatic carbocycles. The summed E-state index contributed by atoms with van der Waals surface area (Å²) in [4.78, 5) is 23.1. The van der Waals surface area contributed by atoms with Crippen LogP contribution in [0.15, 0.2) is 48.5 Å². The monoisotopic (exact) mass is 272 g/mol. The zero-order valence-corrected chi connectivity index (χ0v) is 10.8. The van der Waals surface area contributed by atoms with Crippen molar-refractivity contribution < 1.29 is 14.0 Å². The Bertz CT molecular complexity index is 642. The molecule has 20 heavy (non-hydrogen) atoms. The fourth-order valence-corrected chi connectivity index (χ4v) is 1.70. The normalized spacial score (nSPS) is 9.90. The lowest BCUT2D eigenvalue weighted by Crippen LogP contribution is -2.15. The summed E-state index contributed by atoms with van der Waals surface area (Å²) in [6.07, 6.45) is 0. The van der Waals surface area contributed by atoms with Crippen LogP contribution in [0.1, 0.15) is 17.3 Å². The predicted molar refractivity (Wildman–Crippen MR) is 75.1 cm³/mol. The van der Waals surface area contributed by atoms with Crippen LogP contribution in [0.2, 0.25) is 0 Å². The van der Waals surface area contributed by atoms with Gasteiger partial charge in [0.2, 0.25) is 5.91 Å². The highest BCUT2D eigenvalue weighted by Gasteiger charge is 2.10. The number of anilines is 2. The Labute approximate surface area is 115 Å². The average molecular weight is 272 g/mol. The molecule has 5 heteroatoms. The molecule has 2 N–H and O–H groups in total. The molecule has 2 aromatic carbocycles. The Kier molecular flexibility index (Phi) is 4.10. The van der Waals surface area contributed by atoms with Crippen LogP contribution >= 0.6 is 0 Å². The van der Waals surface area contributed by atoms with Crippen LogP contribution in [0.5, 0.6) is 0 Å². The van der Waals surface area contributed by atoms with E-state index in [0.717, 1.165) is 6.07 Å². The van der Waals surface area contributed by atoms with E-state index in [1.165, 1.54) is 19.1 Å². The number of carbonyl (C=O) groups is 2. The first-order chi connectivity index (χ1) is 9.56. The Hall–Kier alpha value is -2.69. The van der Waals surface area contributed by atoms with Crippen LogP contribution in [-0.4, -0.2) is 11.8 Å². The molecule has 0 aromatic heterocycles. The molecule has 0 saturated carbocycles. The van der Waals surface area contributed by atoms with E-state index < -0.39 is 5.82 Å². The van der Waals surface area contributed by atoms with Crippen molar-refractivity contribution >= 4 is 23.2 Å². The molecule has 2 amide bonds. The number of nitrogens with one attached hydrogen (secondary N) is 2. The van der Waals surface area contributed by atoms with Crippen LogP contribution in [0.3, 0.4) is 0 Å². The second kappa shape index (κ2) is 5.97. The number of benzene rings is 2. The van der Waals surface area contributed by atoms with Gasteiger partial charge in [-0.3, -0.25) is 9.59 Å². The van der Waals surface area contributed by atoms with Gasteiger partial charge in [0.25, 0.3) is 5.91 Å². The van der Waals surface area contributed by atoms with E-state index >= 15 is 0 Å². The lowest BCUT2D eigenvalue weighted by Gasteiger charge is -2.11. The summed E-state index contributed by atoms with van der Waals surface area (Å²) in [6.45, 7) is 1.34. The molecule has 0 bridgehead atoms. The van der Waals surface area contributed by atoms with Crippen molar-refractivity contribution in [3.63, 3.8) is 0 Å². The minimum Gasteiger partial charge on any atom is -0.325 e. The first kappa shape index (κ1) is 13.7. The maximum Gasteiger partial charge on any atom is 0.255 e. The average Bonchev–Trinajstić information content (AvgIpc) is 2.42. The van der Waals surface area contributed by atoms with Gasteiger partial charge in [0.1, 0.15) is 5.82 Å². The number of rotatable bonds is 3. The largest absolute Gasteiger partial charge is 0.325 e. The van der Waals surface area contributed by atoms with Gasteiger partial charge in [-0.2, -0.15) is 0 Å². The Morgan fingerprint density at radius 2 is 1.65 bits per heavy atom. The molecule has 0 unspecified atom stereocenters. The van der Waals surface area contributed by atoms with Crippen molar-refractivity contribution in [2.75, 3.05) is 10.6 Å². The molecule has 0 spiro atoms. The minimum absolute atomic E-state index is 0.217. The zero-order chi connectivity index (χ0) is 14.5. The van der Waals surface area contributed by atoms with E-state index in [0.29, 0.717) is 11.3 Å². The van der Waals surface area contributed by atoms with Crippen molar-refractivity contribution in [1.29, 1.82) is 0 Å². The van der Waals surface area contributed by atoms with Crippen LogP contribution < -0.4 is 10.6 Å². The number of carbonyl (C=O) groups excluding carboxylic acids is 2. The molecule has 4 nitrogen and oxygen atoms in total. The highest BCUT2D eigenvalue weighted by molar-refractivity contribution is 6.07. The van der Waals surface area contributed by atoms with E-state index in [1.807, 2.05) is 0 Å². The Balaban J connectivity index is 2.26. The third-order valence-electron chi connectivity index (χ3n) is 2.58. The number of hydrogen-bond acceptors (Lipinski definition) is 2. The zero-order valence-electron chi connectivity index (χ0n) is 10.8. The summed E-state index contributed by atoms with van der Waals surface area (Å²) in [7, 11) is 0. The molecule has 0 radical (unpaired) electrons. The molecule has 102 valence electrons. The van der Waals surface area contributed by atoms with Crippen molar-refractivity contribution in [1.82, 2.24) is 0 Å². The van der Waals surface area contributed by atoms with Crippen molar-refractivity contribution in [2.24, 2.45) is 0 Å². The van der Waals surface area contributed by atoms with Crippen molar-refractivity contribution in [3.8, 4) is 0 Å². The van der Waals surface area contributed by atoms with E-state index in [2.05, 4.69) is 10.6 Å². The Morgan fingerprint density at radius 3 is 2.30 bits per heavy atom. The molecular weight excluding hydrogens is 259 g/mol. The molecule has 2 aromatic rings. The second-order valence-electron chi connectivity index (χ2n) is 4.19. The molecule has 2 rings (SSSR count). The second-order valence-corrected chi connectivity index (χ2v) is 4.19. The van der Waals surface area contributed by atoms with E-state index in [-0.39, 0.29) is 17.5 Å². The highest BCUT2D eigenvalue weighted by Crippen LogP contribution is 2.23. The summed E-state index contributed by atoms with van der Waals surface area (Å²) < 4.78 is 13.3. The third-order valence-corrected chi connectivity index (χ3v) is 2.58. The van der Waals surface area contributed by atoms with E-state index in [4.69, 9.17) is 0 Å². The van der Waals surface area contributed by atoms with Crippen molar-refractivity contribution in [2.45, 2.75) is 6.92 Å². The fraction of sp³-hybridized carbons (Fsp3) is 0.0667. The van der Waals surface area contributed by atoms with Crippen LogP contribution in [0.25, 0.3) is 0 Å². The van der Waals surface area contributed by atoms with Crippen LogP contribution in [-0.2, 0) is 4.79 Å². The van der Waals surface area contributed by atoms with Gasteiger partial charge in [0.05, 0.1) is 11.4 Å². The summed E-state index contributed by atoms with van der Waals surface area (Å²) in [5, 5.41) is 5.12. The lowest BCUT2D eigenvalue weighted by atomic mass is 10.2. The SMILES string of the molecule is CC(=O)Nc1ccc(F)cc1NC(=O)c1ccccc1. The highest BCUT2D eigenvalue weighted by atomic mass is 19.1. The predicted octanol–water partition coefficient (Wildman–Crippen LogP) is 3.04. The van der Waals surface area contributed by atoms with Gasteiger partial charge in [-0.1, -0.05) is 18.2 Å². The molecule has 0 fully saturated rings. The molecule has 0 atom stereocenters. The van der Waals surface area contributed by atoms with E-state index in [1.54, 1.807) is 30.3 Å². The van der Waals surface area contributed by atoms with Crippen LogP contribution in [0.4, 0.5) is 15.8 Å². The fourth-order valence-electron chi connectivity index (χ4n) is 1.70. The first-order valence-corrected chi connectivity index (χ1v) is 6.00. The maximum absolute atomic E-state index is 13.3. The lowest BCUT2D eigenvalue weighted by molar-refractivity contribution is -0.114. The number of halogens is 1. The quantitative estimate of drug-likeness (QED) is 0.902.